The topological polar surface area (TPSA) is 109 Å². The van der Waals surface area contributed by atoms with Crippen LogP contribution in [-0.2, 0) is 9.84 Å². The molecule has 1 aliphatic rings. The number of aryl methyl sites for hydroxylation is 1. The first-order valence-corrected chi connectivity index (χ1v) is 9.56. The van der Waals surface area contributed by atoms with Gasteiger partial charge in [0, 0.05) is 31.5 Å². The molecule has 2 aromatic rings. The van der Waals surface area contributed by atoms with Crippen LogP contribution in [0.4, 0.5) is 0 Å². The highest BCUT2D eigenvalue weighted by molar-refractivity contribution is 7.90. The molecule has 0 bridgehead atoms. The summed E-state index contributed by atoms with van der Waals surface area (Å²) < 4.78 is 23.7. The number of hydrogen-bond acceptors (Lipinski definition) is 6. The van der Waals surface area contributed by atoms with Crippen LogP contribution in [0.3, 0.4) is 0 Å². The summed E-state index contributed by atoms with van der Waals surface area (Å²) in [5.74, 6) is -0.277. The molecule has 0 radical (unpaired) electrons. The Morgan fingerprint density at radius 3 is 2.75 bits per heavy atom. The lowest BCUT2D eigenvalue weighted by Crippen LogP contribution is -2.39. The number of hydrogen-bond donors (Lipinski definition) is 1. The number of nitrogens with zero attached hydrogens (tertiary/aromatic N) is 4. The molecule has 0 spiro atoms. The third-order valence-corrected chi connectivity index (χ3v) is 5.27. The van der Waals surface area contributed by atoms with E-state index < -0.39 is 9.84 Å². The summed E-state index contributed by atoms with van der Waals surface area (Å²) in [5, 5.41) is 6.67. The molecule has 0 aromatic carbocycles. The minimum absolute atomic E-state index is 0.0895. The van der Waals surface area contributed by atoms with Gasteiger partial charge < -0.3 is 4.90 Å². The Morgan fingerprint density at radius 2 is 2.08 bits per heavy atom. The highest BCUT2D eigenvalue weighted by Crippen LogP contribution is 2.30. The molecule has 0 aliphatic carbocycles. The Balaban J connectivity index is 1.81. The maximum Gasteiger partial charge on any atom is 0.274 e. The second-order valence-electron chi connectivity index (χ2n) is 6.05. The molecule has 3 rings (SSSR count). The molecule has 3 heterocycles. The lowest BCUT2D eigenvalue weighted by Gasteiger charge is -2.32. The van der Waals surface area contributed by atoms with E-state index >= 15 is 0 Å². The van der Waals surface area contributed by atoms with Gasteiger partial charge in [-0.3, -0.25) is 14.9 Å². The molecule has 0 unspecified atom stereocenters. The monoisotopic (exact) mass is 349 g/mol. The number of carbonyl (C=O) groups is 1. The number of piperidine rings is 1. The molecule has 1 N–H and O–H groups in total. The SMILES string of the molecule is Cc1cnc(C(=O)N2CCC[C@@H](c3[nH]ncc3S(C)(=O)=O)C2)cn1. The first-order valence-electron chi connectivity index (χ1n) is 7.67. The van der Waals surface area contributed by atoms with Gasteiger partial charge in [0.25, 0.3) is 5.91 Å². The van der Waals surface area contributed by atoms with Gasteiger partial charge in [0.1, 0.15) is 10.6 Å². The Hall–Kier alpha value is -2.29. The van der Waals surface area contributed by atoms with Gasteiger partial charge in [-0.05, 0) is 19.8 Å². The van der Waals surface area contributed by atoms with Gasteiger partial charge in [0.15, 0.2) is 9.84 Å². The predicted octanol–water partition coefficient (Wildman–Crippen LogP) is 0.931. The van der Waals surface area contributed by atoms with Gasteiger partial charge in [0.2, 0.25) is 0 Å². The van der Waals surface area contributed by atoms with Crippen LogP contribution in [-0.4, -0.2) is 58.7 Å². The second-order valence-corrected chi connectivity index (χ2v) is 8.04. The number of sulfone groups is 1. The number of carbonyl (C=O) groups excluding carboxylic acids is 1. The first kappa shape index (κ1) is 16.6. The Bertz CT molecular complexity index is 844. The lowest BCUT2D eigenvalue weighted by molar-refractivity contribution is 0.0698. The predicted molar refractivity (Wildman–Crippen MR) is 86.3 cm³/mol. The van der Waals surface area contributed by atoms with Crippen LogP contribution in [0.15, 0.2) is 23.5 Å². The second kappa shape index (κ2) is 6.31. The normalized spacial score (nSPS) is 18.6. The molecule has 24 heavy (non-hydrogen) atoms. The largest absolute Gasteiger partial charge is 0.337 e. The summed E-state index contributed by atoms with van der Waals surface area (Å²) in [6.45, 7) is 2.86. The maximum absolute atomic E-state index is 12.6. The van der Waals surface area contributed by atoms with E-state index in [-0.39, 0.29) is 16.7 Å². The van der Waals surface area contributed by atoms with E-state index in [4.69, 9.17) is 0 Å². The van der Waals surface area contributed by atoms with Crippen LogP contribution in [0.2, 0.25) is 0 Å². The Morgan fingerprint density at radius 1 is 1.29 bits per heavy atom. The molecule has 1 saturated heterocycles. The van der Waals surface area contributed by atoms with Crippen LogP contribution in [0.1, 0.15) is 40.6 Å². The third kappa shape index (κ3) is 3.30. The highest BCUT2D eigenvalue weighted by Gasteiger charge is 2.30. The van der Waals surface area contributed by atoms with Crippen molar-refractivity contribution in [3.8, 4) is 0 Å². The zero-order valence-corrected chi connectivity index (χ0v) is 14.4. The van der Waals surface area contributed by atoms with Crippen LogP contribution >= 0.6 is 0 Å². The summed E-state index contributed by atoms with van der Waals surface area (Å²) in [4.78, 5) is 22.7. The average Bonchev–Trinajstić information content (AvgIpc) is 3.05. The van der Waals surface area contributed by atoms with Crippen molar-refractivity contribution in [3.05, 3.63) is 35.7 Å². The van der Waals surface area contributed by atoms with Crippen LogP contribution in [0.5, 0.6) is 0 Å². The number of aromatic amines is 1. The maximum atomic E-state index is 12.6. The Labute approximate surface area is 140 Å². The highest BCUT2D eigenvalue weighted by atomic mass is 32.2. The van der Waals surface area contributed by atoms with Gasteiger partial charge in [-0.15, -0.1) is 0 Å². The smallest absolute Gasteiger partial charge is 0.274 e. The zero-order valence-electron chi connectivity index (χ0n) is 13.6. The number of aromatic nitrogens is 4. The molecule has 1 atom stereocenters. The minimum Gasteiger partial charge on any atom is -0.337 e. The lowest BCUT2D eigenvalue weighted by atomic mass is 9.94. The number of H-pyrrole nitrogens is 1. The summed E-state index contributed by atoms with van der Waals surface area (Å²) in [5.41, 5.74) is 1.62. The fourth-order valence-electron chi connectivity index (χ4n) is 2.94. The van der Waals surface area contributed by atoms with Crippen molar-refractivity contribution in [2.45, 2.75) is 30.6 Å². The number of likely N-dealkylation sites (tertiary alicyclic amines) is 1. The molecule has 1 fully saturated rings. The van der Waals surface area contributed by atoms with Crippen molar-refractivity contribution in [1.29, 1.82) is 0 Å². The standard InChI is InChI=1S/C15H19N5O3S/c1-10-6-17-12(7-16-10)15(21)20-5-3-4-11(9-20)14-13(8-18-19-14)24(2,22)23/h6-8,11H,3-5,9H2,1-2H3,(H,18,19)/t11-/m1/s1. The van der Waals surface area contributed by atoms with Gasteiger partial charge in [-0.2, -0.15) is 5.10 Å². The van der Waals surface area contributed by atoms with Crippen molar-refractivity contribution < 1.29 is 13.2 Å². The van der Waals surface area contributed by atoms with Gasteiger partial charge in [0.05, 0.1) is 23.8 Å². The number of nitrogens with one attached hydrogen (secondary N) is 1. The molecule has 9 heteroatoms. The molecule has 2 aromatic heterocycles. The summed E-state index contributed by atoms with van der Waals surface area (Å²) in [6.07, 6.45) is 7.11. The van der Waals surface area contributed by atoms with E-state index in [1.165, 1.54) is 12.4 Å². The molecular formula is C15H19N5O3S. The van der Waals surface area contributed by atoms with Gasteiger partial charge >= 0.3 is 0 Å². The van der Waals surface area contributed by atoms with E-state index in [0.717, 1.165) is 24.8 Å². The summed E-state index contributed by atoms with van der Waals surface area (Å²) in [6, 6.07) is 0. The molecule has 1 aliphatic heterocycles. The molecule has 0 saturated carbocycles. The Kier molecular flexibility index (Phi) is 4.35. The van der Waals surface area contributed by atoms with E-state index in [2.05, 4.69) is 20.2 Å². The van der Waals surface area contributed by atoms with E-state index in [9.17, 15) is 13.2 Å². The van der Waals surface area contributed by atoms with Crippen molar-refractivity contribution in [3.63, 3.8) is 0 Å². The van der Waals surface area contributed by atoms with E-state index in [1.807, 2.05) is 6.92 Å². The van der Waals surface area contributed by atoms with Crippen molar-refractivity contribution in [2.24, 2.45) is 0 Å². The summed E-state index contributed by atoms with van der Waals surface area (Å²) in [7, 11) is -3.35. The first-order chi connectivity index (χ1) is 11.4. The van der Waals surface area contributed by atoms with E-state index in [0.29, 0.717) is 24.5 Å². The fraction of sp³-hybridized carbons (Fsp3) is 0.467. The fourth-order valence-corrected chi connectivity index (χ4v) is 3.79. The molecule has 128 valence electrons. The van der Waals surface area contributed by atoms with Crippen molar-refractivity contribution in [1.82, 2.24) is 25.1 Å². The van der Waals surface area contributed by atoms with Crippen LogP contribution in [0, 0.1) is 6.92 Å². The van der Waals surface area contributed by atoms with Crippen molar-refractivity contribution >= 4 is 15.7 Å². The van der Waals surface area contributed by atoms with Crippen molar-refractivity contribution in [2.75, 3.05) is 19.3 Å². The van der Waals surface area contributed by atoms with Gasteiger partial charge in [-0.25, -0.2) is 13.4 Å². The molecule has 1 amide bonds. The molecular weight excluding hydrogens is 330 g/mol. The number of amides is 1. The minimum atomic E-state index is -3.35. The third-order valence-electron chi connectivity index (χ3n) is 4.15. The van der Waals surface area contributed by atoms with Crippen LogP contribution < -0.4 is 0 Å². The number of rotatable bonds is 3. The zero-order chi connectivity index (χ0) is 17.3. The molecule has 8 nitrogen and oxygen atoms in total. The van der Waals surface area contributed by atoms with E-state index in [1.54, 1.807) is 11.1 Å². The quantitative estimate of drug-likeness (QED) is 0.883. The summed E-state index contributed by atoms with van der Waals surface area (Å²) >= 11 is 0. The average molecular weight is 349 g/mol. The van der Waals surface area contributed by atoms with Crippen LogP contribution in [0.25, 0.3) is 0 Å². The van der Waals surface area contributed by atoms with Gasteiger partial charge in [-0.1, -0.05) is 0 Å².